The maximum atomic E-state index is 13.3. The minimum Gasteiger partial charge on any atom is -0.216 e. The van der Waals surface area contributed by atoms with E-state index in [9.17, 15) is 4.39 Å². The monoisotopic (exact) mass is 290 g/mol. The van der Waals surface area contributed by atoms with Crippen LogP contribution in [-0.4, -0.2) is 9.97 Å². The molecule has 0 amide bonds. The van der Waals surface area contributed by atoms with Crippen LogP contribution in [0.1, 0.15) is 5.56 Å². The fourth-order valence-electron chi connectivity index (χ4n) is 1.23. The molecule has 0 aliphatic carbocycles. The van der Waals surface area contributed by atoms with E-state index in [0.29, 0.717) is 11.1 Å². The Kier molecular flexibility index (Phi) is 3.52. The lowest BCUT2D eigenvalue weighted by molar-refractivity contribution is 0.628. The Hall–Kier alpha value is -0.900. The van der Waals surface area contributed by atoms with Crippen LogP contribution in [0.15, 0.2) is 18.2 Å². The largest absolute Gasteiger partial charge is 0.216 e. The highest BCUT2D eigenvalue weighted by Crippen LogP contribution is 2.26. The zero-order valence-corrected chi connectivity index (χ0v) is 10.9. The van der Waals surface area contributed by atoms with Gasteiger partial charge in [0.05, 0.1) is 5.02 Å². The SMILES string of the molecule is Cc1c(Cl)nc(-c2ccc(Cl)c(F)c2)nc1Cl. The highest BCUT2D eigenvalue weighted by atomic mass is 35.5. The number of benzene rings is 1. The van der Waals surface area contributed by atoms with Crippen LogP contribution >= 0.6 is 34.8 Å². The van der Waals surface area contributed by atoms with E-state index in [2.05, 4.69) is 9.97 Å². The standard InChI is InChI=1S/C11H6Cl3FN2/c1-5-9(13)16-11(17-10(5)14)6-2-3-7(12)8(15)4-6/h2-4H,1H3. The van der Waals surface area contributed by atoms with E-state index in [-0.39, 0.29) is 21.2 Å². The molecular formula is C11H6Cl3FN2. The summed E-state index contributed by atoms with van der Waals surface area (Å²) >= 11 is 17.4. The van der Waals surface area contributed by atoms with Crippen molar-refractivity contribution in [3.05, 3.63) is 44.9 Å². The molecule has 0 unspecified atom stereocenters. The molecule has 88 valence electrons. The molecule has 0 saturated heterocycles. The van der Waals surface area contributed by atoms with Crippen molar-refractivity contribution in [3.63, 3.8) is 0 Å². The Labute approximate surface area is 112 Å². The summed E-state index contributed by atoms with van der Waals surface area (Å²) < 4.78 is 13.3. The van der Waals surface area contributed by atoms with Crippen molar-refractivity contribution in [1.29, 1.82) is 0 Å². The van der Waals surface area contributed by atoms with Crippen LogP contribution in [-0.2, 0) is 0 Å². The van der Waals surface area contributed by atoms with Crippen LogP contribution < -0.4 is 0 Å². The second kappa shape index (κ2) is 4.77. The van der Waals surface area contributed by atoms with E-state index in [1.165, 1.54) is 12.1 Å². The van der Waals surface area contributed by atoms with Gasteiger partial charge >= 0.3 is 0 Å². The third kappa shape index (κ3) is 2.51. The fourth-order valence-corrected chi connectivity index (χ4v) is 1.73. The molecule has 17 heavy (non-hydrogen) atoms. The third-order valence-corrected chi connectivity index (χ3v) is 3.25. The lowest BCUT2D eigenvalue weighted by Crippen LogP contribution is -1.94. The van der Waals surface area contributed by atoms with Gasteiger partial charge in [-0.25, -0.2) is 14.4 Å². The van der Waals surface area contributed by atoms with Crippen molar-refractivity contribution in [1.82, 2.24) is 9.97 Å². The molecule has 0 aliphatic rings. The summed E-state index contributed by atoms with van der Waals surface area (Å²) in [7, 11) is 0. The minimum atomic E-state index is -0.541. The number of halogens is 4. The first kappa shape index (κ1) is 12.6. The van der Waals surface area contributed by atoms with Crippen molar-refractivity contribution in [2.45, 2.75) is 6.92 Å². The molecule has 2 rings (SSSR count). The topological polar surface area (TPSA) is 25.8 Å². The Morgan fingerprint density at radius 3 is 2.18 bits per heavy atom. The summed E-state index contributed by atoms with van der Waals surface area (Å²) in [5.74, 6) is -0.276. The van der Waals surface area contributed by atoms with Crippen LogP contribution in [0.25, 0.3) is 11.4 Å². The number of hydrogen-bond donors (Lipinski definition) is 0. The van der Waals surface area contributed by atoms with Gasteiger partial charge in [0.15, 0.2) is 5.82 Å². The van der Waals surface area contributed by atoms with E-state index >= 15 is 0 Å². The molecular weight excluding hydrogens is 285 g/mol. The van der Waals surface area contributed by atoms with E-state index < -0.39 is 5.82 Å². The van der Waals surface area contributed by atoms with Crippen LogP contribution in [0.3, 0.4) is 0 Å². The van der Waals surface area contributed by atoms with Crippen LogP contribution in [0.4, 0.5) is 4.39 Å². The van der Waals surface area contributed by atoms with Crippen LogP contribution in [0.5, 0.6) is 0 Å². The lowest BCUT2D eigenvalue weighted by Gasteiger charge is -2.05. The first-order valence-corrected chi connectivity index (χ1v) is 5.77. The molecule has 6 heteroatoms. The Morgan fingerprint density at radius 1 is 1.06 bits per heavy atom. The maximum absolute atomic E-state index is 13.3. The maximum Gasteiger partial charge on any atom is 0.162 e. The number of hydrogen-bond acceptors (Lipinski definition) is 2. The number of aromatic nitrogens is 2. The van der Waals surface area contributed by atoms with Gasteiger partial charge in [0.2, 0.25) is 0 Å². The van der Waals surface area contributed by atoms with E-state index in [0.717, 1.165) is 0 Å². The van der Waals surface area contributed by atoms with Gasteiger partial charge in [-0.2, -0.15) is 0 Å². The molecule has 1 aromatic carbocycles. The van der Waals surface area contributed by atoms with Crippen molar-refractivity contribution in [2.75, 3.05) is 0 Å². The van der Waals surface area contributed by atoms with Crippen molar-refractivity contribution in [3.8, 4) is 11.4 Å². The van der Waals surface area contributed by atoms with Gasteiger partial charge in [0.1, 0.15) is 16.1 Å². The summed E-state index contributed by atoms with van der Waals surface area (Å²) in [6.07, 6.45) is 0. The molecule has 0 N–H and O–H groups in total. The molecule has 1 heterocycles. The van der Waals surface area contributed by atoms with E-state index in [1.54, 1.807) is 13.0 Å². The lowest BCUT2D eigenvalue weighted by atomic mass is 10.2. The predicted molar refractivity (Wildman–Crippen MR) is 67.2 cm³/mol. The molecule has 2 aromatic rings. The molecule has 0 atom stereocenters. The molecule has 1 aromatic heterocycles. The van der Waals surface area contributed by atoms with Gasteiger partial charge < -0.3 is 0 Å². The number of rotatable bonds is 1. The van der Waals surface area contributed by atoms with Gasteiger partial charge in [0.25, 0.3) is 0 Å². The highest BCUT2D eigenvalue weighted by molar-refractivity contribution is 6.34. The van der Waals surface area contributed by atoms with Gasteiger partial charge in [-0.05, 0) is 25.1 Å². The van der Waals surface area contributed by atoms with Crippen molar-refractivity contribution in [2.24, 2.45) is 0 Å². The van der Waals surface area contributed by atoms with Gasteiger partial charge in [0, 0.05) is 11.1 Å². The van der Waals surface area contributed by atoms with Crippen LogP contribution in [0.2, 0.25) is 15.3 Å². The Bertz CT molecular complexity index is 564. The molecule has 0 aliphatic heterocycles. The second-order valence-corrected chi connectivity index (χ2v) is 4.51. The van der Waals surface area contributed by atoms with Crippen molar-refractivity contribution < 1.29 is 4.39 Å². The third-order valence-electron chi connectivity index (χ3n) is 2.20. The number of nitrogens with zero attached hydrogens (tertiary/aromatic N) is 2. The Morgan fingerprint density at radius 2 is 1.65 bits per heavy atom. The summed E-state index contributed by atoms with van der Waals surface area (Å²) in [5, 5.41) is 0.531. The van der Waals surface area contributed by atoms with Gasteiger partial charge in [-0.15, -0.1) is 0 Å². The summed E-state index contributed by atoms with van der Waals surface area (Å²) in [6, 6.07) is 4.26. The predicted octanol–water partition coefficient (Wildman–Crippen LogP) is 4.55. The van der Waals surface area contributed by atoms with Crippen LogP contribution in [0, 0.1) is 12.7 Å². The first-order chi connectivity index (χ1) is 7.99. The summed E-state index contributed by atoms with van der Waals surface area (Å²) in [5.41, 5.74) is 1.06. The fraction of sp³-hybridized carbons (Fsp3) is 0.0909. The zero-order chi connectivity index (χ0) is 12.6. The highest BCUT2D eigenvalue weighted by Gasteiger charge is 2.10. The molecule has 0 fully saturated rings. The quantitative estimate of drug-likeness (QED) is 0.720. The molecule has 0 spiro atoms. The zero-order valence-electron chi connectivity index (χ0n) is 8.64. The molecule has 0 bridgehead atoms. The van der Waals surface area contributed by atoms with Gasteiger partial charge in [-0.3, -0.25) is 0 Å². The van der Waals surface area contributed by atoms with Gasteiger partial charge in [-0.1, -0.05) is 34.8 Å². The Balaban J connectivity index is 2.57. The van der Waals surface area contributed by atoms with E-state index in [4.69, 9.17) is 34.8 Å². The summed E-state index contributed by atoms with van der Waals surface area (Å²) in [4.78, 5) is 8.07. The molecule has 0 radical (unpaired) electrons. The summed E-state index contributed by atoms with van der Waals surface area (Å²) in [6.45, 7) is 1.71. The minimum absolute atomic E-state index is 0.0399. The van der Waals surface area contributed by atoms with E-state index in [1.807, 2.05) is 0 Å². The molecule has 2 nitrogen and oxygen atoms in total. The molecule has 0 saturated carbocycles. The van der Waals surface area contributed by atoms with Crippen molar-refractivity contribution >= 4 is 34.8 Å². The smallest absolute Gasteiger partial charge is 0.162 e. The average molecular weight is 292 g/mol. The average Bonchev–Trinajstić information content (AvgIpc) is 2.29. The first-order valence-electron chi connectivity index (χ1n) is 4.64. The second-order valence-electron chi connectivity index (χ2n) is 3.38. The normalized spacial score (nSPS) is 10.6.